The predicted molar refractivity (Wildman–Crippen MR) is 113 cm³/mol. The second kappa shape index (κ2) is 15.3. The number of amides is 1. The van der Waals surface area contributed by atoms with Crippen LogP contribution >= 0.6 is 0 Å². The van der Waals surface area contributed by atoms with Crippen LogP contribution in [-0.4, -0.2) is 156 Å². The predicted octanol–water partition coefficient (Wildman–Crippen LogP) is -5.20. The molecule has 0 unspecified atom stereocenters. The molecule has 8 N–H and O–H groups in total. The Kier molecular flexibility index (Phi) is 13.2. The molecule has 0 bridgehead atoms. The summed E-state index contributed by atoms with van der Waals surface area (Å²) in [6.07, 6.45) is -13.2. The average molecular weight is 516 g/mol. The lowest BCUT2D eigenvalue weighted by Crippen LogP contribution is -2.67. The van der Waals surface area contributed by atoms with E-state index in [9.17, 15) is 35.4 Å². The lowest BCUT2D eigenvalue weighted by molar-refractivity contribution is -0.348. The quantitative estimate of drug-likeness (QED) is 0.101. The van der Waals surface area contributed by atoms with Crippen molar-refractivity contribution in [1.82, 2.24) is 5.32 Å². The van der Waals surface area contributed by atoms with Gasteiger partial charge in [-0.05, 0) is 0 Å². The summed E-state index contributed by atoms with van der Waals surface area (Å²) in [7, 11) is 0. The van der Waals surface area contributed by atoms with E-state index < -0.39 is 80.5 Å². The van der Waals surface area contributed by atoms with Gasteiger partial charge >= 0.3 is 0 Å². The van der Waals surface area contributed by atoms with E-state index in [0.717, 1.165) is 0 Å². The van der Waals surface area contributed by atoms with E-state index >= 15 is 0 Å². The minimum Gasteiger partial charge on any atom is -0.394 e. The smallest absolute Gasteiger partial charge is 0.217 e. The first-order valence-corrected chi connectivity index (χ1v) is 11.3. The summed E-state index contributed by atoms with van der Waals surface area (Å²) in [5.41, 5.74) is 0. The van der Waals surface area contributed by atoms with Gasteiger partial charge in [-0.15, -0.1) is 0 Å². The zero-order chi connectivity index (χ0) is 26.0. The molecular weight excluding hydrogens is 478 g/mol. The molecule has 2 saturated heterocycles. The van der Waals surface area contributed by atoms with Gasteiger partial charge in [-0.25, -0.2) is 0 Å². The van der Waals surface area contributed by atoms with E-state index in [1.165, 1.54) is 6.92 Å². The Balaban J connectivity index is 2.01. The van der Waals surface area contributed by atoms with E-state index in [0.29, 0.717) is 0 Å². The summed E-state index contributed by atoms with van der Waals surface area (Å²) in [4.78, 5) is 11.7. The second-order valence-corrected chi connectivity index (χ2v) is 8.06. The maximum atomic E-state index is 11.7. The van der Waals surface area contributed by atoms with Gasteiger partial charge in [-0.2, -0.15) is 0 Å². The van der Waals surface area contributed by atoms with Gasteiger partial charge in [0, 0.05) is 6.92 Å². The third kappa shape index (κ3) is 8.50. The number of aliphatic hydroxyl groups excluding tert-OH is 7. The first kappa shape index (κ1) is 30.2. The fourth-order valence-electron chi connectivity index (χ4n) is 3.71. The second-order valence-electron chi connectivity index (χ2n) is 8.06. The highest BCUT2D eigenvalue weighted by Gasteiger charge is 2.51. The lowest BCUT2D eigenvalue weighted by atomic mass is 9.95. The summed E-state index contributed by atoms with van der Waals surface area (Å²) < 4.78 is 32.6. The normalized spacial score (nSPS) is 37.8. The van der Waals surface area contributed by atoms with Crippen molar-refractivity contribution in [2.45, 2.75) is 68.3 Å². The molecule has 15 heteroatoms. The number of aliphatic hydroxyl groups is 7. The largest absolute Gasteiger partial charge is 0.394 e. The summed E-state index contributed by atoms with van der Waals surface area (Å²) >= 11 is 0. The van der Waals surface area contributed by atoms with E-state index in [-0.39, 0.29) is 39.6 Å². The Bertz CT molecular complexity index is 612. The molecule has 2 fully saturated rings. The molecule has 1 amide bonds. The van der Waals surface area contributed by atoms with Crippen LogP contribution in [0.15, 0.2) is 0 Å². The third-order valence-corrected chi connectivity index (χ3v) is 5.48. The number of hydrogen-bond donors (Lipinski definition) is 8. The van der Waals surface area contributed by atoms with Crippen LogP contribution in [-0.2, 0) is 33.2 Å². The van der Waals surface area contributed by atoms with Crippen molar-refractivity contribution in [3.05, 3.63) is 0 Å². The Hall–Kier alpha value is -1.05. The maximum Gasteiger partial charge on any atom is 0.217 e. The monoisotopic (exact) mass is 515 g/mol. The summed E-state index contributed by atoms with van der Waals surface area (Å²) in [6, 6.07) is -1.15. The zero-order valence-electron chi connectivity index (χ0n) is 19.4. The van der Waals surface area contributed by atoms with Gasteiger partial charge in [0.25, 0.3) is 0 Å². The van der Waals surface area contributed by atoms with Crippen molar-refractivity contribution < 1.29 is 69.0 Å². The Morgan fingerprint density at radius 2 is 1.37 bits per heavy atom. The number of rotatable bonds is 14. The molecule has 10 atom stereocenters. The van der Waals surface area contributed by atoms with Crippen molar-refractivity contribution in [1.29, 1.82) is 0 Å². The van der Waals surface area contributed by atoms with E-state index in [1.54, 1.807) is 0 Å². The fraction of sp³-hybridized carbons (Fsp3) is 0.950. The standard InChI is InChI=1S/C20H37NO14/c1-10(25)21-13-15(27)18(35-20-17(29)16(28)14(26)11(8-23)33-20)12(9-24)34-19(13)32-7-6-31-5-4-30-3-2-22/h11-20,22-24,26-29H,2-9H2,1H3,(H,21,25)/t11-,12-,13-,14+,15-,16+,17-,18-,19+,20+/m1/s1. The molecule has 0 aromatic heterocycles. The topological polar surface area (TPSA) is 226 Å². The molecule has 0 spiro atoms. The third-order valence-electron chi connectivity index (χ3n) is 5.48. The number of ether oxygens (including phenoxy) is 6. The van der Waals surface area contributed by atoms with Crippen molar-refractivity contribution in [2.24, 2.45) is 0 Å². The van der Waals surface area contributed by atoms with Gasteiger partial charge in [0.1, 0.15) is 48.8 Å². The molecule has 0 radical (unpaired) electrons. The van der Waals surface area contributed by atoms with Gasteiger partial charge < -0.3 is 69.5 Å². The molecule has 206 valence electrons. The van der Waals surface area contributed by atoms with Crippen LogP contribution in [0.1, 0.15) is 6.92 Å². The Labute approximate surface area is 202 Å². The van der Waals surface area contributed by atoms with Gasteiger partial charge in [0.05, 0.1) is 52.9 Å². The molecule has 2 heterocycles. The average Bonchev–Trinajstić information content (AvgIpc) is 2.83. The fourth-order valence-corrected chi connectivity index (χ4v) is 3.71. The summed E-state index contributed by atoms with van der Waals surface area (Å²) in [5.74, 6) is -0.516. The van der Waals surface area contributed by atoms with Crippen LogP contribution in [0.25, 0.3) is 0 Å². The van der Waals surface area contributed by atoms with Gasteiger partial charge in [0.2, 0.25) is 5.91 Å². The number of hydrogen-bond acceptors (Lipinski definition) is 14. The Morgan fingerprint density at radius 3 is 1.97 bits per heavy atom. The minimum absolute atomic E-state index is 0.00382. The molecule has 2 aliphatic rings. The Morgan fingerprint density at radius 1 is 0.771 bits per heavy atom. The van der Waals surface area contributed by atoms with Gasteiger partial charge in [-0.3, -0.25) is 4.79 Å². The molecule has 0 aromatic rings. The first-order chi connectivity index (χ1) is 16.7. The van der Waals surface area contributed by atoms with E-state index in [2.05, 4.69) is 5.32 Å². The number of carbonyl (C=O) groups is 1. The van der Waals surface area contributed by atoms with Crippen molar-refractivity contribution in [3.8, 4) is 0 Å². The number of nitrogens with one attached hydrogen (secondary N) is 1. The zero-order valence-corrected chi connectivity index (χ0v) is 19.4. The van der Waals surface area contributed by atoms with Crippen molar-refractivity contribution in [2.75, 3.05) is 52.9 Å². The van der Waals surface area contributed by atoms with Crippen LogP contribution < -0.4 is 5.32 Å². The number of carbonyl (C=O) groups excluding carboxylic acids is 1. The lowest BCUT2D eigenvalue weighted by Gasteiger charge is -2.47. The first-order valence-electron chi connectivity index (χ1n) is 11.3. The molecule has 2 aliphatic heterocycles. The van der Waals surface area contributed by atoms with E-state index in [4.69, 9.17) is 33.5 Å². The maximum absolute atomic E-state index is 11.7. The highest BCUT2D eigenvalue weighted by atomic mass is 16.7. The highest BCUT2D eigenvalue weighted by Crippen LogP contribution is 2.29. The highest BCUT2D eigenvalue weighted by molar-refractivity contribution is 5.73. The molecule has 0 saturated carbocycles. The van der Waals surface area contributed by atoms with Crippen LogP contribution in [0, 0.1) is 0 Å². The van der Waals surface area contributed by atoms with Gasteiger partial charge in [-0.1, -0.05) is 0 Å². The van der Waals surface area contributed by atoms with Crippen LogP contribution in [0.5, 0.6) is 0 Å². The molecule has 2 rings (SSSR count). The molecule has 35 heavy (non-hydrogen) atoms. The molecule has 0 aliphatic carbocycles. The molecular formula is C20H37NO14. The van der Waals surface area contributed by atoms with Crippen LogP contribution in [0.3, 0.4) is 0 Å². The summed E-state index contributed by atoms with van der Waals surface area (Å²) in [6.45, 7) is 0.637. The SMILES string of the molecule is CC(=O)N[C@H]1[C@@H](OCCOCCOCCO)O[C@H](CO)[C@@H](O[C@@H]2O[C@H](CO)[C@H](O)[C@H](O)[C@H]2O)[C@@H]1O. The van der Waals surface area contributed by atoms with Gasteiger partial charge in [0.15, 0.2) is 12.6 Å². The molecule has 15 nitrogen and oxygen atoms in total. The van der Waals surface area contributed by atoms with Crippen LogP contribution in [0.2, 0.25) is 0 Å². The van der Waals surface area contributed by atoms with Crippen LogP contribution in [0.4, 0.5) is 0 Å². The minimum atomic E-state index is -1.74. The molecule has 0 aromatic carbocycles. The van der Waals surface area contributed by atoms with E-state index in [1.807, 2.05) is 0 Å². The van der Waals surface area contributed by atoms with Crippen molar-refractivity contribution in [3.63, 3.8) is 0 Å². The van der Waals surface area contributed by atoms with Crippen molar-refractivity contribution >= 4 is 5.91 Å². The summed E-state index contributed by atoms with van der Waals surface area (Å²) in [5, 5.41) is 71.4.